The van der Waals surface area contributed by atoms with E-state index in [1.54, 1.807) is 14.2 Å². The zero-order chi connectivity index (χ0) is 16.6. The first-order valence-electron chi connectivity index (χ1n) is 6.84. The molecule has 3 unspecified atom stereocenters. The van der Waals surface area contributed by atoms with Gasteiger partial charge in [-0.15, -0.1) is 0 Å². The molecule has 0 spiro atoms. The summed E-state index contributed by atoms with van der Waals surface area (Å²) < 4.78 is 33.5. The van der Waals surface area contributed by atoms with Crippen molar-refractivity contribution in [2.24, 2.45) is 11.1 Å². The summed E-state index contributed by atoms with van der Waals surface area (Å²) in [5.74, 6) is 1.68. The summed E-state index contributed by atoms with van der Waals surface area (Å²) in [6.07, 6.45) is 1.14. The van der Waals surface area contributed by atoms with E-state index in [4.69, 9.17) is 23.2 Å². The number of rotatable bonds is 5. The standard InChI is InChI=1S/C14H16BrNO6S/c1-18-9-4-7-12-8(10(22-16-12)6-21-23(3)17)5-20-13(7)11(15)14(9)19-2/h4,8,10H,5-6H2,1-3H3. The fourth-order valence-electron chi connectivity index (χ4n) is 2.62. The lowest BCUT2D eigenvalue weighted by atomic mass is 9.90. The maximum atomic E-state index is 11.1. The van der Waals surface area contributed by atoms with Crippen LogP contribution in [0.4, 0.5) is 0 Å². The largest absolute Gasteiger partial charge is 0.493 e. The highest BCUT2D eigenvalue weighted by molar-refractivity contribution is 9.10. The Balaban J connectivity index is 1.93. The summed E-state index contributed by atoms with van der Waals surface area (Å²) in [4.78, 5) is 5.44. The van der Waals surface area contributed by atoms with Gasteiger partial charge in [0.15, 0.2) is 28.7 Å². The van der Waals surface area contributed by atoms with Crippen molar-refractivity contribution in [1.29, 1.82) is 0 Å². The predicted octanol–water partition coefficient (Wildman–Crippen LogP) is 1.89. The van der Waals surface area contributed by atoms with E-state index < -0.39 is 11.1 Å². The minimum Gasteiger partial charge on any atom is -0.493 e. The van der Waals surface area contributed by atoms with Crippen molar-refractivity contribution in [3.8, 4) is 17.2 Å². The highest BCUT2D eigenvalue weighted by atomic mass is 79.9. The monoisotopic (exact) mass is 405 g/mol. The molecule has 2 heterocycles. The third-order valence-electron chi connectivity index (χ3n) is 3.73. The van der Waals surface area contributed by atoms with Crippen LogP contribution in [0.15, 0.2) is 15.7 Å². The van der Waals surface area contributed by atoms with Crippen molar-refractivity contribution in [2.45, 2.75) is 6.10 Å². The van der Waals surface area contributed by atoms with Crippen LogP contribution in [0, 0.1) is 5.92 Å². The highest BCUT2D eigenvalue weighted by Crippen LogP contribution is 2.47. The molecule has 3 atom stereocenters. The number of methoxy groups -OCH3 is 2. The molecule has 0 aliphatic carbocycles. The van der Waals surface area contributed by atoms with Gasteiger partial charge >= 0.3 is 0 Å². The van der Waals surface area contributed by atoms with E-state index in [0.717, 1.165) is 11.3 Å². The van der Waals surface area contributed by atoms with Gasteiger partial charge < -0.3 is 19.0 Å². The average molecular weight is 406 g/mol. The summed E-state index contributed by atoms with van der Waals surface area (Å²) >= 11 is 2.14. The SMILES string of the molecule is COc1cc2c(c(Br)c1OC)OCC1C2=NOC1COS(C)=O. The Morgan fingerprint density at radius 3 is 2.87 bits per heavy atom. The maximum Gasteiger partial charge on any atom is 0.178 e. The van der Waals surface area contributed by atoms with E-state index in [0.29, 0.717) is 28.3 Å². The Morgan fingerprint density at radius 1 is 1.43 bits per heavy atom. The number of nitrogens with zero attached hydrogens (tertiary/aromatic N) is 1. The summed E-state index contributed by atoms with van der Waals surface area (Å²) in [7, 11) is 3.13. The van der Waals surface area contributed by atoms with Gasteiger partial charge in [0, 0.05) is 11.8 Å². The molecule has 2 aliphatic heterocycles. The van der Waals surface area contributed by atoms with Gasteiger partial charge in [-0.3, -0.25) is 4.18 Å². The number of halogens is 1. The van der Waals surface area contributed by atoms with E-state index in [1.807, 2.05) is 6.07 Å². The van der Waals surface area contributed by atoms with Gasteiger partial charge in [0.25, 0.3) is 0 Å². The van der Waals surface area contributed by atoms with Crippen LogP contribution in [0.2, 0.25) is 0 Å². The first-order chi connectivity index (χ1) is 11.1. The summed E-state index contributed by atoms with van der Waals surface area (Å²) in [6.45, 7) is 0.582. The molecular formula is C14H16BrNO6S. The van der Waals surface area contributed by atoms with Crippen LogP contribution in [0.5, 0.6) is 17.2 Å². The number of ether oxygens (including phenoxy) is 3. The average Bonchev–Trinajstić information content (AvgIpc) is 2.96. The molecule has 0 radical (unpaired) electrons. The molecule has 1 aromatic carbocycles. The van der Waals surface area contributed by atoms with Gasteiger partial charge in [-0.1, -0.05) is 5.16 Å². The van der Waals surface area contributed by atoms with Gasteiger partial charge in [-0.2, -0.15) is 0 Å². The van der Waals surface area contributed by atoms with Crippen molar-refractivity contribution in [2.75, 3.05) is 33.7 Å². The Bertz CT molecular complexity index is 680. The third-order valence-corrected chi connectivity index (χ3v) is 4.92. The van der Waals surface area contributed by atoms with Crippen molar-refractivity contribution in [1.82, 2.24) is 0 Å². The zero-order valence-corrected chi connectivity index (χ0v) is 15.2. The lowest BCUT2D eigenvalue weighted by Gasteiger charge is -2.27. The second-order valence-electron chi connectivity index (χ2n) is 5.03. The van der Waals surface area contributed by atoms with Crippen molar-refractivity contribution in [3.63, 3.8) is 0 Å². The molecule has 1 aromatic rings. The first-order valence-corrected chi connectivity index (χ1v) is 9.12. The Labute approximate surface area is 144 Å². The predicted molar refractivity (Wildman–Crippen MR) is 87.7 cm³/mol. The fraction of sp³-hybridized carbons (Fsp3) is 0.500. The molecule has 0 bridgehead atoms. The first kappa shape index (κ1) is 16.5. The topological polar surface area (TPSA) is 75.6 Å². The number of hydrogen-bond acceptors (Lipinski definition) is 7. The highest BCUT2D eigenvalue weighted by Gasteiger charge is 2.41. The van der Waals surface area contributed by atoms with Gasteiger partial charge in [-0.05, 0) is 22.0 Å². The molecule has 7 nitrogen and oxygen atoms in total. The zero-order valence-electron chi connectivity index (χ0n) is 12.8. The second-order valence-corrected chi connectivity index (χ2v) is 6.86. The van der Waals surface area contributed by atoms with E-state index >= 15 is 0 Å². The van der Waals surface area contributed by atoms with Gasteiger partial charge in [0.2, 0.25) is 0 Å². The van der Waals surface area contributed by atoms with E-state index in [1.165, 1.54) is 6.26 Å². The van der Waals surface area contributed by atoms with Crippen LogP contribution in [-0.4, -0.2) is 49.7 Å². The molecular weight excluding hydrogens is 390 g/mol. The molecule has 0 saturated heterocycles. The van der Waals surface area contributed by atoms with Crippen LogP contribution >= 0.6 is 15.9 Å². The molecule has 0 amide bonds. The lowest BCUT2D eigenvalue weighted by molar-refractivity contribution is 0.0191. The fourth-order valence-corrected chi connectivity index (χ4v) is 3.64. The Morgan fingerprint density at radius 2 is 2.22 bits per heavy atom. The van der Waals surface area contributed by atoms with E-state index in [2.05, 4.69) is 21.1 Å². The molecule has 0 saturated carbocycles. The van der Waals surface area contributed by atoms with Crippen molar-refractivity contribution < 1.29 is 27.4 Å². The molecule has 2 aliphatic rings. The number of oxime groups is 1. The summed E-state index contributed by atoms with van der Waals surface area (Å²) in [6, 6.07) is 1.81. The van der Waals surface area contributed by atoms with E-state index in [9.17, 15) is 4.21 Å². The maximum absolute atomic E-state index is 11.1. The van der Waals surface area contributed by atoms with E-state index in [-0.39, 0.29) is 18.6 Å². The quantitative estimate of drug-likeness (QED) is 0.744. The summed E-state index contributed by atoms with van der Waals surface area (Å²) in [5, 5.41) is 4.17. The smallest absolute Gasteiger partial charge is 0.178 e. The van der Waals surface area contributed by atoms with Crippen LogP contribution < -0.4 is 14.2 Å². The molecule has 126 valence electrons. The number of benzene rings is 1. The van der Waals surface area contributed by atoms with Crippen LogP contribution in [0.3, 0.4) is 0 Å². The molecule has 0 N–H and O–H groups in total. The number of fused-ring (bicyclic) bond motifs is 3. The Hall–Kier alpha value is -1.32. The number of hydrogen-bond donors (Lipinski definition) is 0. The van der Waals surface area contributed by atoms with Gasteiger partial charge in [0.1, 0.15) is 29.1 Å². The van der Waals surface area contributed by atoms with Gasteiger partial charge in [0.05, 0.1) is 20.1 Å². The molecule has 23 heavy (non-hydrogen) atoms. The third kappa shape index (κ3) is 2.92. The molecule has 0 aromatic heterocycles. The Kier molecular flexibility index (Phi) is 4.79. The molecule has 0 fully saturated rings. The van der Waals surface area contributed by atoms with Gasteiger partial charge in [-0.25, -0.2) is 4.21 Å². The lowest BCUT2D eigenvalue weighted by Crippen LogP contribution is -2.36. The minimum absolute atomic E-state index is 0.0870. The molecule has 3 rings (SSSR count). The van der Waals surface area contributed by atoms with Crippen molar-refractivity contribution >= 4 is 32.7 Å². The second kappa shape index (κ2) is 6.66. The van der Waals surface area contributed by atoms with Crippen LogP contribution in [0.25, 0.3) is 0 Å². The van der Waals surface area contributed by atoms with Crippen LogP contribution in [0.1, 0.15) is 5.56 Å². The van der Waals surface area contributed by atoms with Crippen molar-refractivity contribution in [3.05, 3.63) is 16.1 Å². The minimum atomic E-state index is -1.35. The van der Waals surface area contributed by atoms with Crippen LogP contribution in [-0.2, 0) is 20.1 Å². The molecule has 9 heteroatoms. The summed E-state index contributed by atoms with van der Waals surface area (Å²) in [5.41, 5.74) is 1.55. The normalized spacial score (nSPS) is 23.0.